The minimum atomic E-state index is -0.367. The lowest BCUT2D eigenvalue weighted by molar-refractivity contribution is 0.0598. The van der Waals surface area contributed by atoms with Crippen molar-refractivity contribution in [1.29, 1.82) is 0 Å². The van der Waals surface area contributed by atoms with Crippen molar-refractivity contribution in [2.45, 2.75) is 18.3 Å². The molecule has 0 radical (unpaired) electrons. The number of nitrogens with two attached hydrogens (primary N) is 1. The van der Waals surface area contributed by atoms with E-state index in [0.717, 1.165) is 22.9 Å². The molecule has 0 aromatic heterocycles. The van der Waals surface area contributed by atoms with Gasteiger partial charge in [0.05, 0.1) is 17.7 Å². The Morgan fingerprint density at radius 2 is 2.24 bits per heavy atom. The van der Waals surface area contributed by atoms with E-state index >= 15 is 0 Å². The van der Waals surface area contributed by atoms with Gasteiger partial charge in [0.2, 0.25) is 0 Å². The summed E-state index contributed by atoms with van der Waals surface area (Å²) in [6, 6.07) is 3.48. The van der Waals surface area contributed by atoms with Crippen molar-refractivity contribution in [3.63, 3.8) is 0 Å². The van der Waals surface area contributed by atoms with E-state index in [1.165, 1.54) is 7.11 Å². The van der Waals surface area contributed by atoms with Crippen LogP contribution in [0.5, 0.6) is 0 Å². The van der Waals surface area contributed by atoms with Crippen LogP contribution >= 0.6 is 27.5 Å². The second-order valence-corrected chi connectivity index (χ2v) is 5.49. The van der Waals surface area contributed by atoms with Gasteiger partial charge in [-0.1, -0.05) is 11.6 Å². The summed E-state index contributed by atoms with van der Waals surface area (Å²) in [7, 11) is 1.37. The van der Waals surface area contributed by atoms with Crippen LogP contribution in [0.25, 0.3) is 0 Å². The summed E-state index contributed by atoms with van der Waals surface area (Å²) < 4.78 is 5.56. The van der Waals surface area contributed by atoms with E-state index < -0.39 is 0 Å². The highest BCUT2D eigenvalue weighted by atomic mass is 79.9. The molecule has 3 nitrogen and oxygen atoms in total. The Morgan fingerprint density at radius 1 is 1.59 bits per heavy atom. The maximum Gasteiger partial charge on any atom is 0.338 e. The van der Waals surface area contributed by atoms with E-state index in [1.807, 2.05) is 0 Å². The minimum Gasteiger partial charge on any atom is -0.465 e. The molecule has 2 N–H and O–H groups in total. The normalized spacial score (nSPS) is 16.7. The number of hydrogen-bond acceptors (Lipinski definition) is 3. The van der Waals surface area contributed by atoms with Crippen LogP contribution in [0.15, 0.2) is 16.6 Å². The molecular formula is C12H13BrClNO2. The number of carbonyl (C=O) groups is 1. The van der Waals surface area contributed by atoms with E-state index in [1.54, 1.807) is 12.1 Å². The zero-order valence-electron chi connectivity index (χ0n) is 9.43. The third-order valence-electron chi connectivity index (χ3n) is 3.27. The molecule has 1 aromatic rings. The molecule has 5 heteroatoms. The summed E-state index contributed by atoms with van der Waals surface area (Å²) in [6.45, 7) is 0.493. The molecule has 1 saturated carbocycles. The van der Waals surface area contributed by atoms with Crippen LogP contribution in [0.1, 0.15) is 28.8 Å². The minimum absolute atomic E-state index is 0.148. The highest BCUT2D eigenvalue weighted by Crippen LogP contribution is 2.52. The van der Waals surface area contributed by atoms with E-state index in [9.17, 15) is 4.79 Å². The second-order valence-electron chi connectivity index (χ2n) is 4.26. The van der Waals surface area contributed by atoms with Gasteiger partial charge in [0.15, 0.2) is 0 Å². The van der Waals surface area contributed by atoms with Crippen molar-refractivity contribution in [2.75, 3.05) is 13.7 Å². The van der Waals surface area contributed by atoms with Crippen LogP contribution in [0.2, 0.25) is 5.02 Å². The fourth-order valence-electron chi connectivity index (χ4n) is 2.06. The van der Waals surface area contributed by atoms with E-state index in [4.69, 9.17) is 22.1 Å². The predicted octanol–water partition coefficient (Wildman–Crippen LogP) is 2.88. The number of halogens is 2. The summed E-state index contributed by atoms with van der Waals surface area (Å²) in [5.74, 6) is -0.367. The fourth-order valence-corrected chi connectivity index (χ4v) is 2.75. The molecule has 0 bridgehead atoms. The molecule has 0 unspecified atom stereocenters. The SMILES string of the molecule is COC(=O)c1ccc(Br)c(Cl)c1C1(CN)CC1. The van der Waals surface area contributed by atoms with Gasteiger partial charge in [0.25, 0.3) is 0 Å². The molecule has 1 aromatic carbocycles. The van der Waals surface area contributed by atoms with Crippen molar-refractivity contribution in [2.24, 2.45) is 5.73 Å². The van der Waals surface area contributed by atoms with Crippen LogP contribution < -0.4 is 5.73 Å². The average Bonchev–Trinajstić information content (AvgIpc) is 3.12. The Morgan fingerprint density at radius 3 is 2.71 bits per heavy atom. The fraction of sp³-hybridized carbons (Fsp3) is 0.417. The Balaban J connectivity index is 2.61. The first-order valence-electron chi connectivity index (χ1n) is 5.32. The molecule has 17 heavy (non-hydrogen) atoms. The first-order chi connectivity index (χ1) is 8.05. The summed E-state index contributed by atoms with van der Waals surface area (Å²) in [6.07, 6.45) is 1.92. The van der Waals surface area contributed by atoms with Crippen molar-refractivity contribution in [1.82, 2.24) is 0 Å². The van der Waals surface area contributed by atoms with Crippen LogP contribution in [-0.4, -0.2) is 19.6 Å². The monoisotopic (exact) mass is 317 g/mol. The van der Waals surface area contributed by atoms with Gasteiger partial charge in [0, 0.05) is 16.4 Å². The Hall–Kier alpha value is -0.580. The Kier molecular flexibility index (Phi) is 3.48. The molecular weight excluding hydrogens is 305 g/mol. The highest BCUT2D eigenvalue weighted by molar-refractivity contribution is 9.10. The van der Waals surface area contributed by atoms with Crippen LogP contribution in [0, 0.1) is 0 Å². The zero-order chi connectivity index (χ0) is 12.6. The number of carbonyl (C=O) groups excluding carboxylic acids is 1. The molecule has 0 saturated heterocycles. The van der Waals surface area contributed by atoms with Crippen LogP contribution in [-0.2, 0) is 10.2 Å². The third-order valence-corrected chi connectivity index (χ3v) is 4.56. The van der Waals surface area contributed by atoms with Crippen molar-refractivity contribution >= 4 is 33.5 Å². The lowest BCUT2D eigenvalue weighted by atomic mass is 9.91. The summed E-state index contributed by atoms with van der Waals surface area (Å²) in [4.78, 5) is 11.8. The van der Waals surface area contributed by atoms with Gasteiger partial charge in [0.1, 0.15) is 0 Å². The van der Waals surface area contributed by atoms with Gasteiger partial charge in [-0.05, 0) is 46.5 Å². The number of ether oxygens (including phenoxy) is 1. The first kappa shape index (κ1) is 12.9. The Labute approximate surface area is 113 Å². The van der Waals surface area contributed by atoms with Gasteiger partial charge in [-0.15, -0.1) is 0 Å². The van der Waals surface area contributed by atoms with E-state index in [0.29, 0.717) is 17.1 Å². The largest absolute Gasteiger partial charge is 0.465 e. The zero-order valence-corrected chi connectivity index (χ0v) is 11.8. The third kappa shape index (κ3) is 2.09. The number of methoxy groups -OCH3 is 1. The molecule has 1 aliphatic rings. The van der Waals surface area contributed by atoms with E-state index in [2.05, 4.69) is 15.9 Å². The molecule has 1 aliphatic carbocycles. The molecule has 0 heterocycles. The second kappa shape index (κ2) is 4.59. The maximum atomic E-state index is 11.8. The molecule has 0 aliphatic heterocycles. The van der Waals surface area contributed by atoms with Crippen molar-refractivity contribution in [3.05, 3.63) is 32.8 Å². The van der Waals surface area contributed by atoms with Crippen LogP contribution in [0.4, 0.5) is 0 Å². The van der Waals surface area contributed by atoms with Crippen LogP contribution in [0.3, 0.4) is 0 Å². The van der Waals surface area contributed by atoms with Gasteiger partial charge in [-0.2, -0.15) is 0 Å². The topological polar surface area (TPSA) is 52.3 Å². The number of benzene rings is 1. The average molecular weight is 319 g/mol. The van der Waals surface area contributed by atoms with Crippen molar-refractivity contribution in [3.8, 4) is 0 Å². The van der Waals surface area contributed by atoms with Gasteiger partial charge >= 0.3 is 5.97 Å². The number of esters is 1. The summed E-state index contributed by atoms with van der Waals surface area (Å²) in [5, 5.41) is 0.566. The molecule has 0 atom stereocenters. The summed E-state index contributed by atoms with van der Waals surface area (Å²) in [5.41, 5.74) is 7.00. The molecule has 1 fully saturated rings. The molecule has 0 spiro atoms. The standard InChI is InChI=1S/C12H13BrClNO2/c1-17-11(16)7-2-3-8(13)10(14)9(7)12(6-15)4-5-12/h2-3H,4-6,15H2,1H3. The van der Waals surface area contributed by atoms with Gasteiger partial charge in [-0.3, -0.25) is 0 Å². The summed E-state index contributed by atoms with van der Waals surface area (Å²) >= 11 is 9.67. The first-order valence-corrected chi connectivity index (χ1v) is 6.50. The van der Waals surface area contributed by atoms with Gasteiger partial charge < -0.3 is 10.5 Å². The maximum absolute atomic E-state index is 11.8. The lowest BCUT2D eigenvalue weighted by Gasteiger charge is -2.19. The lowest BCUT2D eigenvalue weighted by Crippen LogP contribution is -2.23. The number of rotatable bonds is 3. The quantitative estimate of drug-likeness (QED) is 0.872. The molecule has 2 rings (SSSR count). The smallest absolute Gasteiger partial charge is 0.338 e. The predicted molar refractivity (Wildman–Crippen MR) is 70.5 cm³/mol. The number of hydrogen-bond donors (Lipinski definition) is 1. The Bertz CT molecular complexity index is 472. The van der Waals surface area contributed by atoms with Gasteiger partial charge in [-0.25, -0.2) is 4.79 Å². The molecule has 0 amide bonds. The molecule has 92 valence electrons. The van der Waals surface area contributed by atoms with E-state index in [-0.39, 0.29) is 11.4 Å². The van der Waals surface area contributed by atoms with Crippen molar-refractivity contribution < 1.29 is 9.53 Å². The highest BCUT2D eigenvalue weighted by Gasteiger charge is 2.47.